The van der Waals surface area contributed by atoms with Gasteiger partial charge in [0.1, 0.15) is 0 Å². The molecule has 1 saturated heterocycles. The molecule has 4 rings (SSSR count). The van der Waals surface area contributed by atoms with Crippen LogP contribution in [0, 0.1) is 0 Å². The lowest BCUT2D eigenvalue weighted by molar-refractivity contribution is -0.0102. The van der Waals surface area contributed by atoms with Crippen LogP contribution in [0.2, 0.25) is 5.02 Å². The second-order valence-corrected chi connectivity index (χ2v) is 9.75. The lowest BCUT2D eigenvalue weighted by atomic mass is 10.1. The number of hydrogen-bond donors (Lipinski definition) is 2. The van der Waals surface area contributed by atoms with Crippen LogP contribution in [0.3, 0.4) is 0 Å². The third-order valence-electron chi connectivity index (χ3n) is 5.26. The third kappa shape index (κ3) is 5.37. The molecule has 1 aliphatic rings. The average Bonchev–Trinajstić information content (AvgIpc) is 2.92. The Bertz CT molecular complexity index is 1340. The van der Waals surface area contributed by atoms with Gasteiger partial charge in [-0.15, -0.1) is 0 Å². The van der Waals surface area contributed by atoms with E-state index in [-0.39, 0.29) is 54.4 Å². The fourth-order valence-electron chi connectivity index (χ4n) is 3.61. The van der Waals surface area contributed by atoms with E-state index in [0.717, 1.165) is 0 Å². The second kappa shape index (κ2) is 8.81. The molecule has 174 valence electrons. The van der Waals surface area contributed by atoms with Gasteiger partial charge in [-0.05, 0) is 42.8 Å². The summed E-state index contributed by atoms with van der Waals surface area (Å²) in [4.78, 5) is 23.6. The number of benzene rings is 2. The molecule has 33 heavy (non-hydrogen) atoms. The Hall–Kier alpha value is -2.89. The molecule has 1 amide bonds. The first-order valence-corrected chi connectivity index (χ1v) is 12.0. The molecular weight excluding hydrogens is 476 g/mol. The molecular formula is C21H20ClF2N5O3S. The van der Waals surface area contributed by atoms with Crippen molar-refractivity contribution in [3.8, 4) is 0 Å². The Kier molecular flexibility index (Phi) is 6.21. The molecule has 0 spiro atoms. The van der Waals surface area contributed by atoms with Gasteiger partial charge in [0.2, 0.25) is 15.9 Å². The molecule has 2 heterocycles. The number of aromatic nitrogens is 2. The summed E-state index contributed by atoms with van der Waals surface area (Å²) in [5.74, 6) is -3.30. The van der Waals surface area contributed by atoms with Crippen molar-refractivity contribution in [2.45, 2.75) is 30.1 Å². The highest BCUT2D eigenvalue weighted by Gasteiger charge is 2.33. The molecule has 0 unspecified atom stereocenters. The monoisotopic (exact) mass is 495 g/mol. The molecule has 3 aromatic rings. The normalized spacial score (nSPS) is 16.4. The standard InChI is InChI=1S/C21H20ClF2N5O3S/c22-13-5-6-16-17(11-13)27-18(19(28-16)29-9-2-7-21(23,24)8-10-29)20(30)26-14-3-1-4-15(12-14)33(25,31)32/h1,3-6,11-12H,2,7-10H2,(H,26,30)(H2,25,31,32). The molecule has 0 radical (unpaired) electrons. The number of nitrogens with two attached hydrogens (primary N) is 1. The van der Waals surface area contributed by atoms with E-state index in [9.17, 15) is 22.0 Å². The van der Waals surface area contributed by atoms with Crippen molar-refractivity contribution in [3.05, 3.63) is 53.2 Å². The van der Waals surface area contributed by atoms with Crippen molar-refractivity contribution in [2.24, 2.45) is 5.14 Å². The predicted molar refractivity (Wildman–Crippen MR) is 121 cm³/mol. The Morgan fingerprint density at radius 2 is 1.88 bits per heavy atom. The number of anilines is 2. The van der Waals surface area contributed by atoms with Gasteiger partial charge in [-0.1, -0.05) is 17.7 Å². The topological polar surface area (TPSA) is 118 Å². The molecule has 1 aliphatic heterocycles. The van der Waals surface area contributed by atoms with Crippen LogP contribution in [0.4, 0.5) is 20.3 Å². The number of nitrogens with zero attached hydrogens (tertiary/aromatic N) is 3. The number of fused-ring (bicyclic) bond motifs is 1. The number of nitrogens with one attached hydrogen (secondary N) is 1. The fraction of sp³-hybridized carbons (Fsp3) is 0.286. The highest BCUT2D eigenvalue weighted by atomic mass is 35.5. The van der Waals surface area contributed by atoms with Crippen LogP contribution < -0.4 is 15.4 Å². The van der Waals surface area contributed by atoms with Crippen molar-refractivity contribution in [1.29, 1.82) is 0 Å². The minimum atomic E-state index is -3.97. The molecule has 0 atom stereocenters. The maximum absolute atomic E-state index is 13.9. The Morgan fingerprint density at radius 1 is 1.09 bits per heavy atom. The summed E-state index contributed by atoms with van der Waals surface area (Å²) >= 11 is 6.05. The number of rotatable bonds is 4. The number of carbonyl (C=O) groups is 1. The number of hydrogen-bond acceptors (Lipinski definition) is 6. The minimum absolute atomic E-state index is 0.00194. The first kappa shape index (κ1) is 23.3. The number of halogens is 3. The number of sulfonamides is 1. The number of primary sulfonamides is 1. The first-order valence-electron chi connectivity index (χ1n) is 10.1. The summed E-state index contributed by atoms with van der Waals surface area (Å²) in [7, 11) is -3.97. The van der Waals surface area contributed by atoms with Crippen molar-refractivity contribution in [1.82, 2.24) is 9.97 Å². The molecule has 12 heteroatoms. The zero-order chi connectivity index (χ0) is 23.8. The van der Waals surface area contributed by atoms with E-state index in [0.29, 0.717) is 16.1 Å². The van der Waals surface area contributed by atoms with Gasteiger partial charge in [-0.25, -0.2) is 32.3 Å². The van der Waals surface area contributed by atoms with Gasteiger partial charge in [-0.2, -0.15) is 0 Å². The molecule has 0 aliphatic carbocycles. The summed E-state index contributed by atoms with van der Waals surface area (Å²) < 4.78 is 51.1. The smallest absolute Gasteiger partial charge is 0.278 e. The molecule has 1 fully saturated rings. The van der Waals surface area contributed by atoms with Gasteiger partial charge < -0.3 is 10.2 Å². The van der Waals surface area contributed by atoms with Crippen LogP contribution in [0.5, 0.6) is 0 Å². The number of alkyl halides is 2. The maximum Gasteiger partial charge on any atom is 0.278 e. The van der Waals surface area contributed by atoms with E-state index in [1.807, 2.05) is 0 Å². The highest BCUT2D eigenvalue weighted by molar-refractivity contribution is 7.89. The first-order chi connectivity index (χ1) is 15.5. The predicted octanol–water partition coefficient (Wildman–Crippen LogP) is 3.81. The molecule has 8 nitrogen and oxygen atoms in total. The highest BCUT2D eigenvalue weighted by Crippen LogP contribution is 2.31. The Morgan fingerprint density at radius 3 is 2.64 bits per heavy atom. The average molecular weight is 496 g/mol. The molecule has 1 aromatic heterocycles. The Labute approximate surface area is 193 Å². The van der Waals surface area contributed by atoms with E-state index >= 15 is 0 Å². The number of carbonyl (C=O) groups excluding carboxylic acids is 1. The number of amides is 1. The lowest BCUT2D eigenvalue weighted by Crippen LogP contribution is -2.30. The lowest BCUT2D eigenvalue weighted by Gasteiger charge is -2.24. The van der Waals surface area contributed by atoms with Gasteiger partial charge in [0.25, 0.3) is 5.91 Å². The van der Waals surface area contributed by atoms with Crippen molar-refractivity contribution in [2.75, 3.05) is 23.3 Å². The molecule has 0 bridgehead atoms. The van der Waals surface area contributed by atoms with Gasteiger partial charge in [-0.3, -0.25) is 4.79 Å². The molecule has 0 saturated carbocycles. The van der Waals surface area contributed by atoms with E-state index in [4.69, 9.17) is 16.7 Å². The van der Waals surface area contributed by atoms with Crippen molar-refractivity contribution < 1.29 is 22.0 Å². The van der Waals surface area contributed by atoms with Crippen LogP contribution in [0.1, 0.15) is 29.8 Å². The zero-order valence-corrected chi connectivity index (χ0v) is 18.8. The van der Waals surface area contributed by atoms with E-state index in [2.05, 4.69) is 15.3 Å². The van der Waals surface area contributed by atoms with Crippen molar-refractivity contribution >= 4 is 50.1 Å². The minimum Gasteiger partial charge on any atom is -0.354 e. The van der Waals surface area contributed by atoms with E-state index < -0.39 is 21.9 Å². The summed E-state index contributed by atoms with van der Waals surface area (Å²) in [6.07, 6.45) is -0.391. The van der Waals surface area contributed by atoms with E-state index in [1.54, 1.807) is 23.1 Å². The van der Waals surface area contributed by atoms with Crippen LogP contribution in [-0.2, 0) is 10.0 Å². The summed E-state index contributed by atoms with van der Waals surface area (Å²) in [6, 6.07) is 10.2. The zero-order valence-electron chi connectivity index (χ0n) is 17.3. The molecule has 2 aromatic carbocycles. The van der Waals surface area contributed by atoms with Gasteiger partial charge in [0, 0.05) is 36.6 Å². The van der Waals surface area contributed by atoms with Crippen LogP contribution >= 0.6 is 11.6 Å². The van der Waals surface area contributed by atoms with E-state index in [1.165, 1.54) is 24.3 Å². The van der Waals surface area contributed by atoms with Crippen LogP contribution in [0.25, 0.3) is 11.0 Å². The van der Waals surface area contributed by atoms with Crippen LogP contribution in [0.15, 0.2) is 47.4 Å². The summed E-state index contributed by atoms with van der Waals surface area (Å²) in [6.45, 7) is 0.284. The SMILES string of the molecule is NS(=O)(=O)c1cccc(NC(=O)c2nc3cc(Cl)ccc3nc2N2CCCC(F)(F)CC2)c1. The van der Waals surface area contributed by atoms with Crippen LogP contribution in [-0.4, -0.2) is 43.3 Å². The summed E-state index contributed by atoms with van der Waals surface area (Å²) in [5, 5.41) is 8.15. The Balaban J connectivity index is 1.75. The van der Waals surface area contributed by atoms with Gasteiger partial charge in [0.15, 0.2) is 11.5 Å². The molecule has 3 N–H and O–H groups in total. The second-order valence-electron chi connectivity index (χ2n) is 7.75. The largest absolute Gasteiger partial charge is 0.354 e. The maximum atomic E-state index is 13.9. The summed E-state index contributed by atoms with van der Waals surface area (Å²) in [5.41, 5.74) is 0.900. The third-order valence-corrected chi connectivity index (χ3v) is 6.41. The van der Waals surface area contributed by atoms with Crippen molar-refractivity contribution in [3.63, 3.8) is 0 Å². The van der Waals surface area contributed by atoms with Gasteiger partial charge in [0.05, 0.1) is 15.9 Å². The van der Waals surface area contributed by atoms with Gasteiger partial charge >= 0.3 is 0 Å². The fourth-order valence-corrected chi connectivity index (χ4v) is 4.33. The quantitative estimate of drug-likeness (QED) is 0.568.